The second kappa shape index (κ2) is 8.44. The predicted molar refractivity (Wildman–Crippen MR) is 112 cm³/mol. The van der Waals surface area contributed by atoms with E-state index in [1.165, 1.54) is 12.1 Å². The van der Waals surface area contributed by atoms with E-state index in [1.54, 1.807) is 6.20 Å². The Balaban J connectivity index is 1.35. The lowest BCUT2D eigenvalue weighted by atomic mass is 10.2. The van der Waals surface area contributed by atoms with Gasteiger partial charge in [0, 0.05) is 49.6 Å². The Bertz CT molecular complexity index is 909. The Kier molecular flexibility index (Phi) is 5.58. The van der Waals surface area contributed by atoms with Crippen molar-refractivity contribution in [2.24, 2.45) is 0 Å². The maximum absolute atomic E-state index is 13.1. The van der Waals surface area contributed by atoms with Crippen molar-refractivity contribution in [2.45, 2.75) is 6.54 Å². The molecule has 144 valence electrons. The van der Waals surface area contributed by atoms with Crippen molar-refractivity contribution in [1.82, 2.24) is 9.97 Å². The minimum atomic E-state index is -0.206. The minimum absolute atomic E-state index is 0.206. The molecular weight excluding hydrogens is 377 g/mol. The van der Waals surface area contributed by atoms with Crippen molar-refractivity contribution in [1.29, 1.82) is 0 Å². The highest BCUT2D eigenvalue weighted by Gasteiger charge is 2.18. The molecule has 5 nitrogen and oxygen atoms in total. The number of hydrogen-bond donors (Lipinski definition) is 1. The van der Waals surface area contributed by atoms with E-state index in [9.17, 15) is 4.39 Å². The molecule has 0 bridgehead atoms. The average Bonchev–Trinajstić information content (AvgIpc) is 2.74. The van der Waals surface area contributed by atoms with Crippen LogP contribution in [0, 0.1) is 5.82 Å². The summed E-state index contributed by atoms with van der Waals surface area (Å²) in [7, 11) is 0. The van der Waals surface area contributed by atoms with Crippen LogP contribution in [0.25, 0.3) is 0 Å². The number of benzene rings is 2. The fraction of sp³-hybridized carbons (Fsp3) is 0.238. The number of rotatable bonds is 5. The lowest BCUT2D eigenvalue weighted by Crippen LogP contribution is -2.46. The molecule has 4 rings (SSSR count). The summed E-state index contributed by atoms with van der Waals surface area (Å²) in [5.41, 5.74) is 2.17. The van der Waals surface area contributed by atoms with Crippen LogP contribution in [-0.4, -0.2) is 36.1 Å². The second-order valence-electron chi connectivity index (χ2n) is 6.67. The number of hydrogen-bond acceptors (Lipinski definition) is 5. The number of aromatic nitrogens is 2. The van der Waals surface area contributed by atoms with Crippen molar-refractivity contribution < 1.29 is 4.39 Å². The molecule has 1 fully saturated rings. The van der Waals surface area contributed by atoms with Gasteiger partial charge in [0.15, 0.2) is 0 Å². The van der Waals surface area contributed by atoms with E-state index in [0.717, 1.165) is 48.3 Å². The summed E-state index contributed by atoms with van der Waals surface area (Å²) < 4.78 is 13.1. The summed E-state index contributed by atoms with van der Waals surface area (Å²) in [5, 5.41) is 3.99. The summed E-state index contributed by atoms with van der Waals surface area (Å²) in [6.45, 7) is 4.07. The topological polar surface area (TPSA) is 44.3 Å². The first-order chi connectivity index (χ1) is 13.7. The van der Waals surface area contributed by atoms with Crippen LogP contribution in [0.3, 0.4) is 0 Å². The van der Waals surface area contributed by atoms with Crippen LogP contribution in [0.4, 0.5) is 21.8 Å². The molecule has 2 aromatic carbocycles. The van der Waals surface area contributed by atoms with Gasteiger partial charge in [0.05, 0.1) is 0 Å². The summed E-state index contributed by atoms with van der Waals surface area (Å²) in [6, 6.07) is 16.3. The van der Waals surface area contributed by atoms with Gasteiger partial charge in [-0.05, 0) is 48.0 Å². The minimum Gasteiger partial charge on any atom is -0.368 e. The van der Waals surface area contributed by atoms with Crippen molar-refractivity contribution in [3.8, 4) is 0 Å². The van der Waals surface area contributed by atoms with Gasteiger partial charge in [-0.1, -0.05) is 23.7 Å². The Hall–Kier alpha value is -2.86. The fourth-order valence-corrected chi connectivity index (χ4v) is 3.37. The maximum Gasteiger partial charge on any atom is 0.224 e. The van der Waals surface area contributed by atoms with Crippen molar-refractivity contribution in [3.63, 3.8) is 0 Å². The first-order valence-electron chi connectivity index (χ1n) is 9.24. The highest BCUT2D eigenvalue weighted by molar-refractivity contribution is 6.30. The fourth-order valence-electron chi connectivity index (χ4n) is 3.24. The van der Waals surface area contributed by atoms with Crippen LogP contribution >= 0.6 is 11.6 Å². The molecule has 0 radical (unpaired) electrons. The molecule has 2 heterocycles. The molecule has 7 heteroatoms. The number of nitrogens with one attached hydrogen (secondary N) is 1. The van der Waals surface area contributed by atoms with Crippen molar-refractivity contribution in [3.05, 3.63) is 77.2 Å². The van der Waals surface area contributed by atoms with E-state index in [2.05, 4.69) is 25.1 Å². The first-order valence-corrected chi connectivity index (χ1v) is 9.62. The molecule has 1 aliphatic rings. The highest BCUT2D eigenvalue weighted by atomic mass is 35.5. The van der Waals surface area contributed by atoms with Gasteiger partial charge < -0.3 is 15.1 Å². The molecule has 1 aromatic heterocycles. The van der Waals surface area contributed by atoms with E-state index >= 15 is 0 Å². The normalized spacial score (nSPS) is 14.2. The molecule has 0 atom stereocenters. The van der Waals surface area contributed by atoms with Gasteiger partial charge in [-0.2, -0.15) is 4.98 Å². The van der Waals surface area contributed by atoms with E-state index in [1.807, 2.05) is 42.5 Å². The van der Waals surface area contributed by atoms with Gasteiger partial charge in [0.25, 0.3) is 0 Å². The smallest absolute Gasteiger partial charge is 0.224 e. The number of anilines is 3. The van der Waals surface area contributed by atoms with Gasteiger partial charge in [-0.25, -0.2) is 9.37 Å². The zero-order valence-corrected chi connectivity index (χ0v) is 16.1. The zero-order chi connectivity index (χ0) is 19.3. The third kappa shape index (κ3) is 4.51. The molecule has 3 aromatic rings. The highest BCUT2D eigenvalue weighted by Crippen LogP contribution is 2.20. The molecule has 0 spiro atoms. The largest absolute Gasteiger partial charge is 0.368 e. The lowest BCUT2D eigenvalue weighted by molar-refractivity contribution is 0.624. The van der Waals surface area contributed by atoms with Gasteiger partial charge in [0.2, 0.25) is 5.95 Å². The van der Waals surface area contributed by atoms with Crippen LogP contribution in [0.15, 0.2) is 60.8 Å². The molecule has 1 N–H and O–H groups in total. The Labute approximate surface area is 168 Å². The molecule has 0 amide bonds. The summed E-state index contributed by atoms with van der Waals surface area (Å²) in [5.74, 6) is 1.31. The lowest BCUT2D eigenvalue weighted by Gasteiger charge is -2.36. The Morgan fingerprint density at radius 3 is 2.29 bits per heavy atom. The van der Waals surface area contributed by atoms with E-state index in [-0.39, 0.29) is 5.82 Å². The number of nitrogens with zero attached hydrogens (tertiary/aromatic N) is 4. The summed E-state index contributed by atoms with van der Waals surface area (Å²) in [4.78, 5) is 13.5. The van der Waals surface area contributed by atoms with Crippen LogP contribution in [-0.2, 0) is 6.54 Å². The van der Waals surface area contributed by atoms with E-state index in [4.69, 9.17) is 11.6 Å². The van der Waals surface area contributed by atoms with Crippen LogP contribution in [0.2, 0.25) is 5.02 Å². The Morgan fingerprint density at radius 1 is 0.893 bits per heavy atom. The van der Waals surface area contributed by atoms with E-state index < -0.39 is 0 Å². The zero-order valence-electron chi connectivity index (χ0n) is 15.4. The maximum atomic E-state index is 13.1. The SMILES string of the molecule is Fc1ccc(N2CCN(c3ccnc(NCc4ccc(Cl)cc4)n3)CC2)cc1. The number of piperazine rings is 1. The van der Waals surface area contributed by atoms with Crippen molar-refractivity contribution in [2.75, 3.05) is 41.3 Å². The molecule has 0 unspecified atom stereocenters. The molecule has 1 saturated heterocycles. The molecule has 0 aliphatic carbocycles. The molecule has 28 heavy (non-hydrogen) atoms. The summed E-state index contributed by atoms with van der Waals surface area (Å²) in [6.07, 6.45) is 1.78. The second-order valence-corrected chi connectivity index (χ2v) is 7.11. The van der Waals surface area contributed by atoms with Crippen LogP contribution in [0.5, 0.6) is 0 Å². The van der Waals surface area contributed by atoms with Crippen molar-refractivity contribution >= 4 is 29.1 Å². The first kappa shape index (κ1) is 18.5. The third-order valence-electron chi connectivity index (χ3n) is 4.80. The average molecular weight is 398 g/mol. The van der Waals surface area contributed by atoms with Gasteiger partial charge in [-0.15, -0.1) is 0 Å². The van der Waals surface area contributed by atoms with Gasteiger partial charge in [-0.3, -0.25) is 0 Å². The molecule has 0 saturated carbocycles. The van der Waals surface area contributed by atoms with Crippen LogP contribution in [0.1, 0.15) is 5.56 Å². The van der Waals surface area contributed by atoms with Gasteiger partial charge in [0.1, 0.15) is 11.6 Å². The predicted octanol–water partition coefficient (Wildman–Crippen LogP) is 4.21. The monoisotopic (exact) mass is 397 g/mol. The third-order valence-corrected chi connectivity index (χ3v) is 5.05. The van der Waals surface area contributed by atoms with Gasteiger partial charge >= 0.3 is 0 Å². The number of halogens is 2. The Morgan fingerprint density at radius 2 is 1.57 bits per heavy atom. The molecule has 1 aliphatic heterocycles. The van der Waals surface area contributed by atoms with Crippen LogP contribution < -0.4 is 15.1 Å². The summed E-state index contributed by atoms with van der Waals surface area (Å²) >= 11 is 5.92. The van der Waals surface area contributed by atoms with E-state index in [0.29, 0.717) is 12.5 Å². The molecular formula is C21H21ClFN5. The standard InChI is InChI=1S/C21H21ClFN5/c22-17-3-1-16(2-4-17)15-25-21-24-10-9-20(26-21)28-13-11-27(12-14-28)19-7-5-18(23)6-8-19/h1-10H,11-15H2,(H,24,25,26). The quantitative estimate of drug-likeness (QED) is 0.698.